The normalized spacial score (nSPS) is 14.9. The largest absolute Gasteiger partial charge is 0.376 e. The van der Waals surface area contributed by atoms with Crippen LogP contribution in [-0.2, 0) is 4.79 Å². The minimum absolute atomic E-state index is 0.0776. The average Bonchev–Trinajstić information content (AvgIpc) is 2.64. The van der Waals surface area contributed by atoms with Gasteiger partial charge in [0.05, 0.1) is 6.54 Å². The van der Waals surface area contributed by atoms with Crippen molar-refractivity contribution in [3.05, 3.63) is 29.8 Å². The second kappa shape index (κ2) is 9.30. The molecule has 0 heterocycles. The van der Waals surface area contributed by atoms with Gasteiger partial charge in [-0.2, -0.15) is 0 Å². The molecule has 2 N–H and O–H groups in total. The summed E-state index contributed by atoms with van der Waals surface area (Å²) in [6.45, 7) is 2.95. The predicted octanol–water partition coefficient (Wildman–Crippen LogP) is 3.03. The summed E-state index contributed by atoms with van der Waals surface area (Å²) >= 11 is 0. The van der Waals surface area contributed by atoms with E-state index < -0.39 is 0 Å². The molecular formula is C19H29N3O2. The lowest BCUT2D eigenvalue weighted by Crippen LogP contribution is -2.41. The molecule has 2 amide bonds. The van der Waals surface area contributed by atoms with Crippen molar-refractivity contribution >= 4 is 17.5 Å². The van der Waals surface area contributed by atoms with E-state index in [1.807, 2.05) is 31.0 Å². The highest BCUT2D eigenvalue weighted by molar-refractivity contribution is 5.95. The Morgan fingerprint density at radius 2 is 1.96 bits per heavy atom. The summed E-state index contributed by atoms with van der Waals surface area (Å²) in [6, 6.07) is 7.66. The minimum Gasteiger partial charge on any atom is -0.376 e. The summed E-state index contributed by atoms with van der Waals surface area (Å²) in [6.07, 6.45) is 6.83. The standard InChI is InChI=1S/C19H29N3O2/c1-3-12-20-19(24)15-8-7-9-16(13-15)21-14-18(23)22(2)17-10-5-4-6-11-17/h7-9,13,17,21H,3-6,10-12,14H2,1-2H3,(H,20,24). The van der Waals surface area contributed by atoms with E-state index in [0.29, 0.717) is 18.2 Å². The lowest BCUT2D eigenvalue weighted by atomic mass is 9.94. The molecule has 0 saturated heterocycles. The molecule has 0 aromatic heterocycles. The fourth-order valence-electron chi connectivity index (χ4n) is 3.09. The smallest absolute Gasteiger partial charge is 0.251 e. The second-order valence-corrected chi connectivity index (χ2v) is 6.49. The van der Waals surface area contributed by atoms with Gasteiger partial charge in [-0.25, -0.2) is 0 Å². The van der Waals surface area contributed by atoms with Crippen molar-refractivity contribution < 1.29 is 9.59 Å². The van der Waals surface area contributed by atoms with E-state index in [4.69, 9.17) is 0 Å². The molecule has 5 nitrogen and oxygen atoms in total. The molecule has 0 aliphatic heterocycles. The third-order valence-electron chi connectivity index (χ3n) is 4.62. The lowest BCUT2D eigenvalue weighted by Gasteiger charge is -2.31. The van der Waals surface area contributed by atoms with Crippen molar-refractivity contribution in [3.8, 4) is 0 Å². The first-order valence-electron chi connectivity index (χ1n) is 8.99. The first-order chi connectivity index (χ1) is 11.6. The molecule has 0 unspecified atom stereocenters. The summed E-state index contributed by atoms with van der Waals surface area (Å²) < 4.78 is 0. The molecular weight excluding hydrogens is 302 g/mol. The summed E-state index contributed by atoms with van der Waals surface area (Å²) in [7, 11) is 1.90. The number of likely N-dealkylation sites (N-methyl/N-ethyl adjacent to an activating group) is 1. The van der Waals surface area contributed by atoms with Crippen LogP contribution in [0.3, 0.4) is 0 Å². The quantitative estimate of drug-likeness (QED) is 0.807. The van der Waals surface area contributed by atoms with Crippen LogP contribution in [0.15, 0.2) is 24.3 Å². The average molecular weight is 331 g/mol. The minimum atomic E-state index is -0.0776. The topological polar surface area (TPSA) is 61.4 Å². The van der Waals surface area contributed by atoms with Crippen LogP contribution in [-0.4, -0.2) is 42.9 Å². The third-order valence-corrected chi connectivity index (χ3v) is 4.62. The Kier molecular flexibility index (Phi) is 7.09. The van der Waals surface area contributed by atoms with Crippen LogP contribution in [0.1, 0.15) is 55.8 Å². The molecule has 1 saturated carbocycles. The predicted molar refractivity (Wildman–Crippen MR) is 97.2 cm³/mol. The number of carbonyl (C=O) groups excluding carboxylic acids is 2. The zero-order chi connectivity index (χ0) is 17.4. The molecule has 0 atom stereocenters. The molecule has 2 rings (SSSR count). The van der Waals surface area contributed by atoms with Gasteiger partial charge in [-0.05, 0) is 37.5 Å². The van der Waals surface area contributed by atoms with Crippen LogP contribution in [0, 0.1) is 0 Å². The van der Waals surface area contributed by atoms with Gasteiger partial charge in [0.1, 0.15) is 0 Å². The van der Waals surface area contributed by atoms with Gasteiger partial charge in [0.25, 0.3) is 5.91 Å². The highest BCUT2D eigenvalue weighted by Crippen LogP contribution is 2.21. The summed E-state index contributed by atoms with van der Waals surface area (Å²) in [5.41, 5.74) is 1.41. The molecule has 0 spiro atoms. The van der Waals surface area contributed by atoms with E-state index in [-0.39, 0.29) is 18.4 Å². The maximum Gasteiger partial charge on any atom is 0.251 e. The van der Waals surface area contributed by atoms with Crippen LogP contribution in [0.5, 0.6) is 0 Å². The maximum atomic E-state index is 12.4. The van der Waals surface area contributed by atoms with Crippen molar-refractivity contribution in [1.29, 1.82) is 0 Å². The number of nitrogens with zero attached hydrogens (tertiary/aromatic N) is 1. The van der Waals surface area contributed by atoms with Crippen molar-refractivity contribution in [2.75, 3.05) is 25.5 Å². The zero-order valence-corrected chi connectivity index (χ0v) is 14.8. The summed E-state index contributed by atoms with van der Waals surface area (Å²) in [4.78, 5) is 26.2. The van der Waals surface area contributed by atoms with Crippen LogP contribution < -0.4 is 10.6 Å². The number of anilines is 1. The molecule has 24 heavy (non-hydrogen) atoms. The number of amides is 2. The Morgan fingerprint density at radius 1 is 1.21 bits per heavy atom. The van der Waals surface area contributed by atoms with Gasteiger partial charge in [0, 0.05) is 30.9 Å². The number of hydrogen-bond donors (Lipinski definition) is 2. The van der Waals surface area contributed by atoms with E-state index in [1.54, 1.807) is 12.1 Å². The molecule has 1 aromatic carbocycles. The maximum absolute atomic E-state index is 12.4. The summed E-state index contributed by atoms with van der Waals surface area (Å²) in [5, 5.41) is 6.00. The highest BCUT2D eigenvalue weighted by atomic mass is 16.2. The number of hydrogen-bond acceptors (Lipinski definition) is 3. The van der Waals surface area contributed by atoms with E-state index in [0.717, 1.165) is 24.9 Å². The van der Waals surface area contributed by atoms with Crippen molar-refractivity contribution in [1.82, 2.24) is 10.2 Å². The van der Waals surface area contributed by atoms with Gasteiger partial charge in [-0.1, -0.05) is 32.3 Å². The van der Waals surface area contributed by atoms with E-state index in [2.05, 4.69) is 10.6 Å². The molecule has 0 radical (unpaired) electrons. The Bertz CT molecular complexity index is 553. The van der Waals surface area contributed by atoms with Crippen molar-refractivity contribution in [2.24, 2.45) is 0 Å². The second-order valence-electron chi connectivity index (χ2n) is 6.49. The van der Waals surface area contributed by atoms with Crippen LogP contribution in [0.2, 0.25) is 0 Å². The SMILES string of the molecule is CCCNC(=O)c1cccc(NCC(=O)N(C)C2CCCCC2)c1. The molecule has 5 heteroatoms. The highest BCUT2D eigenvalue weighted by Gasteiger charge is 2.21. The third kappa shape index (κ3) is 5.25. The molecule has 1 aromatic rings. The van der Waals surface area contributed by atoms with Gasteiger partial charge < -0.3 is 15.5 Å². The van der Waals surface area contributed by atoms with Crippen LogP contribution >= 0.6 is 0 Å². The number of nitrogens with one attached hydrogen (secondary N) is 2. The number of rotatable bonds is 7. The zero-order valence-electron chi connectivity index (χ0n) is 14.8. The Hall–Kier alpha value is -2.04. The Morgan fingerprint density at radius 3 is 2.67 bits per heavy atom. The van der Waals surface area contributed by atoms with Gasteiger partial charge in [0.2, 0.25) is 5.91 Å². The molecule has 1 aliphatic carbocycles. The Labute approximate surface area is 144 Å². The van der Waals surface area contributed by atoms with Crippen LogP contribution in [0.25, 0.3) is 0 Å². The van der Waals surface area contributed by atoms with Crippen molar-refractivity contribution in [2.45, 2.75) is 51.5 Å². The van der Waals surface area contributed by atoms with Crippen LogP contribution in [0.4, 0.5) is 5.69 Å². The Balaban J connectivity index is 1.86. The molecule has 1 fully saturated rings. The first kappa shape index (κ1) is 18.3. The van der Waals surface area contributed by atoms with E-state index in [1.165, 1.54) is 19.3 Å². The van der Waals surface area contributed by atoms with E-state index >= 15 is 0 Å². The molecule has 132 valence electrons. The van der Waals surface area contributed by atoms with Gasteiger partial charge >= 0.3 is 0 Å². The first-order valence-corrected chi connectivity index (χ1v) is 8.99. The van der Waals surface area contributed by atoms with Gasteiger partial charge in [0.15, 0.2) is 0 Å². The monoisotopic (exact) mass is 331 g/mol. The van der Waals surface area contributed by atoms with Crippen molar-refractivity contribution in [3.63, 3.8) is 0 Å². The molecule has 1 aliphatic rings. The number of benzene rings is 1. The van der Waals surface area contributed by atoms with E-state index in [9.17, 15) is 9.59 Å². The summed E-state index contributed by atoms with van der Waals surface area (Å²) in [5.74, 6) is 0.0221. The fourth-order valence-corrected chi connectivity index (χ4v) is 3.09. The fraction of sp³-hybridized carbons (Fsp3) is 0.579. The van der Waals surface area contributed by atoms with Gasteiger partial charge in [-0.15, -0.1) is 0 Å². The molecule has 0 bridgehead atoms. The van der Waals surface area contributed by atoms with Gasteiger partial charge in [-0.3, -0.25) is 9.59 Å². The number of carbonyl (C=O) groups is 2. The lowest BCUT2D eigenvalue weighted by molar-refractivity contribution is -0.130.